The van der Waals surface area contributed by atoms with Gasteiger partial charge in [0.05, 0.1) is 12.5 Å². The van der Waals surface area contributed by atoms with Crippen LogP contribution in [0.4, 0.5) is 10.7 Å². The van der Waals surface area contributed by atoms with Crippen LogP contribution in [0.3, 0.4) is 0 Å². The summed E-state index contributed by atoms with van der Waals surface area (Å²) in [6.45, 7) is 1.81. The van der Waals surface area contributed by atoms with E-state index in [1.54, 1.807) is 6.92 Å². The molecule has 1 aromatic heterocycles. The van der Waals surface area contributed by atoms with Crippen molar-refractivity contribution in [1.82, 2.24) is 4.98 Å². The molecule has 5 rings (SSSR count). The van der Waals surface area contributed by atoms with Crippen LogP contribution in [-0.2, 0) is 19.7 Å². The molecule has 1 fully saturated rings. The smallest absolute Gasteiger partial charge is 0.414 e. The van der Waals surface area contributed by atoms with E-state index >= 15 is 0 Å². The lowest BCUT2D eigenvalue weighted by Crippen LogP contribution is -2.21. The van der Waals surface area contributed by atoms with Crippen molar-refractivity contribution in [3.63, 3.8) is 0 Å². The van der Waals surface area contributed by atoms with Gasteiger partial charge in [-0.2, -0.15) is 0 Å². The molecule has 0 spiro atoms. The number of nitrogens with one attached hydrogen (secondary N) is 1. The number of methoxy groups -OCH3 is 1. The zero-order valence-electron chi connectivity index (χ0n) is 20.1. The third-order valence-corrected chi connectivity index (χ3v) is 6.59. The zero-order chi connectivity index (χ0) is 25.1. The van der Waals surface area contributed by atoms with Crippen molar-refractivity contribution in [2.45, 2.75) is 31.3 Å². The molecule has 1 aliphatic carbocycles. The number of ether oxygens (including phenoxy) is 2. The molecule has 0 bridgehead atoms. The van der Waals surface area contributed by atoms with Crippen molar-refractivity contribution in [3.05, 3.63) is 96.4 Å². The molecule has 1 N–H and O–H groups in total. The van der Waals surface area contributed by atoms with Gasteiger partial charge in [-0.3, -0.25) is 10.1 Å². The van der Waals surface area contributed by atoms with Crippen LogP contribution in [-0.4, -0.2) is 24.2 Å². The molecule has 0 unspecified atom stereocenters. The topological polar surface area (TPSA) is 90.7 Å². The minimum Gasteiger partial charge on any atom is -0.468 e. The molecular weight excluding hydrogens is 456 g/mol. The fourth-order valence-corrected chi connectivity index (χ4v) is 4.35. The number of carbonyl (C=O) groups is 2. The average Bonchev–Trinajstić information content (AvgIpc) is 3.61. The Hall–Kier alpha value is -4.39. The van der Waals surface area contributed by atoms with Crippen LogP contribution in [0.15, 0.2) is 89.7 Å². The van der Waals surface area contributed by atoms with E-state index in [2.05, 4.69) is 10.3 Å². The van der Waals surface area contributed by atoms with Crippen LogP contribution >= 0.6 is 0 Å². The van der Waals surface area contributed by atoms with Gasteiger partial charge >= 0.3 is 12.1 Å². The quantitative estimate of drug-likeness (QED) is 0.302. The van der Waals surface area contributed by atoms with Crippen LogP contribution in [0.5, 0.6) is 0 Å². The maximum Gasteiger partial charge on any atom is 0.414 e. The molecule has 0 aliphatic heterocycles. The lowest BCUT2D eigenvalue weighted by Gasteiger charge is -2.14. The molecule has 1 aliphatic rings. The van der Waals surface area contributed by atoms with Gasteiger partial charge in [0.15, 0.2) is 6.39 Å². The van der Waals surface area contributed by atoms with E-state index in [0.717, 1.165) is 40.7 Å². The zero-order valence-corrected chi connectivity index (χ0v) is 20.1. The summed E-state index contributed by atoms with van der Waals surface area (Å²) in [6.07, 6.45) is 1.89. The lowest BCUT2D eigenvalue weighted by atomic mass is 9.93. The number of benzene rings is 3. The Labute approximate surface area is 209 Å². The second kappa shape index (κ2) is 9.70. The largest absolute Gasteiger partial charge is 0.468 e. The van der Waals surface area contributed by atoms with Crippen molar-refractivity contribution in [1.29, 1.82) is 0 Å². The van der Waals surface area contributed by atoms with Crippen molar-refractivity contribution in [2.24, 2.45) is 0 Å². The van der Waals surface area contributed by atoms with E-state index in [1.165, 1.54) is 13.5 Å². The number of aromatic nitrogens is 1. The van der Waals surface area contributed by atoms with E-state index in [-0.39, 0.29) is 11.9 Å². The van der Waals surface area contributed by atoms with E-state index in [1.807, 2.05) is 78.9 Å². The van der Waals surface area contributed by atoms with Crippen molar-refractivity contribution < 1.29 is 23.5 Å². The summed E-state index contributed by atoms with van der Waals surface area (Å²) in [5.41, 5.74) is 4.75. The third kappa shape index (κ3) is 4.60. The summed E-state index contributed by atoms with van der Waals surface area (Å²) in [6, 6.07) is 25.3. The monoisotopic (exact) mass is 482 g/mol. The van der Waals surface area contributed by atoms with Gasteiger partial charge in [-0.05, 0) is 42.0 Å². The average molecular weight is 483 g/mol. The maximum absolute atomic E-state index is 12.4. The Morgan fingerprint density at radius 3 is 2.14 bits per heavy atom. The highest BCUT2D eigenvalue weighted by molar-refractivity contribution is 5.88. The standard InChI is InChI=1S/C29H26N2O5/c1-19(20-6-4-3-5-7-20)36-28(33)31-26-25(30-18-35-26)23-10-8-21(9-11-23)22-12-14-24(15-13-22)29(16-17-29)27(32)34-2/h3-15,18-19H,16-17H2,1-2H3,(H,31,33)/t19-/m1/s1. The molecule has 1 amide bonds. The number of oxazole rings is 1. The first kappa shape index (κ1) is 23.4. The minimum absolute atomic E-state index is 0.171. The molecule has 4 aromatic rings. The predicted molar refractivity (Wildman–Crippen MR) is 135 cm³/mol. The number of anilines is 1. The molecular formula is C29H26N2O5. The van der Waals surface area contributed by atoms with E-state index < -0.39 is 17.6 Å². The van der Waals surface area contributed by atoms with Crippen molar-refractivity contribution in [3.8, 4) is 22.4 Å². The second-order valence-electron chi connectivity index (χ2n) is 8.84. The molecule has 1 saturated carbocycles. The van der Waals surface area contributed by atoms with Gasteiger partial charge in [0.2, 0.25) is 5.88 Å². The first-order chi connectivity index (χ1) is 17.5. The first-order valence-corrected chi connectivity index (χ1v) is 11.8. The fraction of sp³-hybridized carbons (Fsp3) is 0.207. The summed E-state index contributed by atoms with van der Waals surface area (Å²) in [5, 5.41) is 2.65. The second-order valence-corrected chi connectivity index (χ2v) is 8.84. The fourth-order valence-electron chi connectivity index (χ4n) is 4.35. The summed E-state index contributed by atoms with van der Waals surface area (Å²) in [7, 11) is 1.43. The number of carbonyl (C=O) groups excluding carboxylic acids is 2. The predicted octanol–water partition coefficient (Wildman–Crippen LogP) is 6.52. The van der Waals surface area contributed by atoms with Gasteiger partial charge in [0.1, 0.15) is 11.8 Å². The summed E-state index contributed by atoms with van der Waals surface area (Å²) in [4.78, 5) is 28.8. The van der Waals surface area contributed by atoms with Crippen LogP contribution < -0.4 is 5.32 Å². The highest BCUT2D eigenvalue weighted by Gasteiger charge is 2.52. The summed E-state index contributed by atoms with van der Waals surface area (Å²) < 4.78 is 15.9. The number of esters is 1. The Balaban J connectivity index is 1.27. The number of hydrogen-bond donors (Lipinski definition) is 1. The minimum atomic E-state index is -0.624. The number of hydrogen-bond acceptors (Lipinski definition) is 6. The highest BCUT2D eigenvalue weighted by atomic mass is 16.6. The van der Waals surface area contributed by atoms with Crippen molar-refractivity contribution in [2.75, 3.05) is 12.4 Å². The number of rotatable bonds is 7. The number of nitrogens with zero attached hydrogens (tertiary/aromatic N) is 1. The Bertz CT molecular complexity index is 1360. The first-order valence-electron chi connectivity index (χ1n) is 11.8. The summed E-state index contributed by atoms with van der Waals surface area (Å²) in [5.74, 6) is 0.0462. The Kier molecular flexibility index (Phi) is 6.29. The van der Waals surface area contributed by atoms with Crippen molar-refractivity contribution >= 4 is 17.9 Å². The Morgan fingerprint density at radius 2 is 1.53 bits per heavy atom. The number of amides is 1. The summed E-state index contributed by atoms with van der Waals surface area (Å²) >= 11 is 0. The van der Waals surface area contributed by atoms with Gasteiger partial charge in [-0.25, -0.2) is 9.78 Å². The molecule has 182 valence electrons. The Morgan fingerprint density at radius 1 is 0.917 bits per heavy atom. The molecule has 0 saturated heterocycles. The van der Waals surface area contributed by atoms with Gasteiger partial charge < -0.3 is 13.9 Å². The molecule has 1 heterocycles. The van der Waals surface area contributed by atoms with Crippen LogP contribution in [0.2, 0.25) is 0 Å². The van der Waals surface area contributed by atoms with E-state index in [0.29, 0.717) is 5.69 Å². The molecule has 7 nitrogen and oxygen atoms in total. The van der Waals surface area contributed by atoms with Gasteiger partial charge in [-0.15, -0.1) is 0 Å². The highest BCUT2D eigenvalue weighted by Crippen LogP contribution is 2.49. The van der Waals surface area contributed by atoms with E-state index in [9.17, 15) is 9.59 Å². The van der Waals surface area contributed by atoms with Gasteiger partial charge in [0.25, 0.3) is 0 Å². The van der Waals surface area contributed by atoms with Crippen LogP contribution in [0, 0.1) is 0 Å². The normalized spacial score (nSPS) is 14.5. The molecule has 0 radical (unpaired) electrons. The lowest BCUT2D eigenvalue weighted by molar-refractivity contribution is -0.143. The molecule has 1 atom stereocenters. The SMILES string of the molecule is COC(=O)C1(c2ccc(-c3ccc(-c4ncoc4NC(=O)O[C@H](C)c4ccccc4)cc3)cc2)CC1. The van der Waals surface area contributed by atoms with Crippen LogP contribution in [0.1, 0.15) is 37.0 Å². The van der Waals surface area contributed by atoms with Gasteiger partial charge in [-0.1, -0.05) is 78.9 Å². The van der Waals surface area contributed by atoms with Crippen LogP contribution in [0.25, 0.3) is 22.4 Å². The molecule has 7 heteroatoms. The third-order valence-electron chi connectivity index (χ3n) is 6.59. The van der Waals surface area contributed by atoms with Gasteiger partial charge in [0, 0.05) is 5.56 Å². The maximum atomic E-state index is 12.4. The molecule has 36 heavy (non-hydrogen) atoms. The van der Waals surface area contributed by atoms with E-state index in [4.69, 9.17) is 13.9 Å². The molecule has 3 aromatic carbocycles.